The molecule has 0 aliphatic carbocycles. The number of aromatic amines is 2. The summed E-state index contributed by atoms with van der Waals surface area (Å²) in [4.78, 5) is 15.2. The van der Waals surface area contributed by atoms with Gasteiger partial charge in [0.05, 0.1) is 28.3 Å². The summed E-state index contributed by atoms with van der Waals surface area (Å²) in [5, 5.41) is 0. The molecule has 0 saturated carbocycles. The molecule has 10 heteroatoms. The predicted octanol–water partition coefficient (Wildman–Crippen LogP) is 7.02. The Bertz CT molecular complexity index is 1740. The van der Waals surface area contributed by atoms with Crippen LogP contribution in [-0.4, -0.2) is 19.9 Å². The molecule has 0 fully saturated rings. The van der Waals surface area contributed by atoms with Gasteiger partial charge in [0.15, 0.2) is 23.3 Å². The van der Waals surface area contributed by atoms with Gasteiger partial charge in [-0.3, -0.25) is 0 Å². The van der Waals surface area contributed by atoms with Crippen LogP contribution in [0.4, 0.5) is 22.0 Å². The van der Waals surface area contributed by atoms with E-state index in [1.807, 2.05) is 24.3 Å². The maximum absolute atomic E-state index is 14.7. The van der Waals surface area contributed by atoms with Crippen LogP contribution in [0.25, 0.3) is 57.5 Å². The molecule has 3 aromatic heterocycles. The third-order valence-corrected chi connectivity index (χ3v) is 5.65. The van der Waals surface area contributed by atoms with Crippen LogP contribution in [-0.2, 0) is 19.5 Å². The number of hydrogen-bond acceptors (Lipinski definition) is 2. The summed E-state index contributed by atoms with van der Waals surface area (Å²) in [6.07, 6.45) is 6.95. The van der Waals surface area contributed by atoms with E-state index < -0.39 is 34.6 Å². The van der Waals surface area contributed by atoms with Crippen LogP contribution in [0.15, 0.2) is 42.5 Å². The quantitative estimate of drug-likeness (QED) is 0.102. The molecule has 0 saturated heterocycles. The summed E-state index contributed by atoms with van der Waals surface area (Å²) in [7, 11) is 0. The zero-order valence-electron chi connectivity index (χ0n) is 18.3. The average Bonchev–Trinajstić information content (AvgIpc) is 3.62. The molecule has 8 bridgehead atoms. The van der Waals surface area contributed by atoms with Gasteiger partial charge in [-0.15, -0.1) is 0 Å². The van der Waals surface area contributed by atoms with Crippen molar-refractivity contribution in [3.8, 4) is 11.1 Å². The minimum absolute atomic E-state index is 0. The first-order valence-corrected chi connectivity index (χ1v) is 10.5. The van der Waals surface area contributed by atoms with Crippen molar-refractivity contribution >= 4 is 46.4 Å². The third-order valence-electron chi connectivity index (χ3n) is 5.65. The van der Waals surface area contributed by atoms with E-state index >= 15 is 0 Å². The van der Waals surface area contributed by atoms with Gasteiger partial charge in [0.1, 0.15) is 0 Å². The number of aromatic nitrogens is 4. The Morgan fingerprint density at radius 1 is 0.500 bits per heavy atom. The number of H-pyrrole nitrogens is 2. The molecule has 36 heavy (non-hydrogen) atoms. The van der Waals surface area contributed by atoms with Gasteiger partial charge in [-0.2, -0.15) is 0 Å². The number of benzene rings is 1. The van der Waals surface area contributed by atoms with Crippen LogP contribution >= 0.6 is 0 Å². The van der Waals surface area contributed by atoms with E-state index in [9.17, 15) is 22.0 Å². The Hall–Kier alpha value is -3.91. The first-order valence-electron chi connectivity index (χ1n) is 10.5. The Morgan fingerprint density at radius 2 is 0.944 bits per heavy atom. The summed E-state index contributed by atoms with van der Waals surface area (Å²) < 4.78 is 70.9. The Balaban J connectivity index is 0.00000267. The minimum atomic E-state index is -2.21. The molecule has 1 aromatic carbocycles. The first kappa shape index (κ1) is 23.8. The maximum atomic E-state index is 14.7. The Kier molecular flexibility index (Phi) is 5.92. The van der Waals surface area contributed by atoms with Crippen molar-refractivity contribution < 1.29 is 41.4 Å². The van der Waals surface area contributed by atoms with Crippen molar-refractivity contribution in [3.05, 3.63) is 94.3 Å². The predicted molar refractivity (Wildman–Crippen MR) is 124 cm³/mol. The number of nitrogens with zero attached hydrogens (tertiary/aromatic N) is 2. The van der Waals surface area contributed by atoms with Gasteiger partial charge in [-0.25, -0.2) is 31.9 Å². The summed E-state index contributed by atoms with van der Waals surface area (Å²) in [5.74, 6) is -10.1. The van der Waals surface area contributed by atoms with E-state index in [4.69, 9.17) is 0 Å². The molecular weight excluding hydrogens is 529 g/mol. The average molecular weight is 542 g/mol. The molecule has 0 atom stereocenters. The van der Waals surface area contributed by atoms with Gasteiger partial charge in [-0.1, -0.05) is 0 Å². The van der Waals surface area contributed by atoms with Crippen LogP contribution in [0, 0.1) is 29.1 Å². The zero-order valence-corrected chi connectivity index (χ0v) is 21.3. The summed E-state index contributed by atoms with van der Waals surface area (Å²) in [6, 6.07) is 11.8. The van der Waals surface area contributed by atoms with E-state index in [2.05, 4.69) is 19.9 Å². The number of rotatable bonds is 1. The molecule has 174 valence electrons. The second kappa shape index (κ2) is 8.95. The van der Waals surface area contributed by atoms with Gasteiger partial charge in [-0.05, 0) is 66.8 Å². The van der Waals surface area contributed by atoms with Gasteiger partial charge < -0.3 is 9.97 Å². The molecule has 2 N–H and O–H groups in total. The van der Waals surface area contributed by atoms with Gasteiger partial charge in [0, 0.05) is 47.1 Å². The molecule has 0 amide bonds. The van der Waals surface area contributed by atoms with Crippen LogP contribution in [0.1, 0.15) is 22.8 Å². The fraction of sp³-hybridized carbons (Fsp3) is 0. The number of halogens is 5. The standard InChI is InChI=1S/C26H13F5N4.Zn/c27-22-21(23(28)25(30)26(31)24(22)29)19-10-18-9-16-4-3-14(33-16)7-12-1-2-13(32-12)8-15-5-6-17(34-15)11-20(19)35-18;/h1-11,32,35H;. The topological polar surface area (TPSA) is 57.4 Å². The molecule has 0 radical (unpaired) electrons. The van der Waals surface area contributed by atoms with E-state index in [0.29, 0.717) is 28.3 Å². The van der Waals surface area contributed by atoms with Crippen molar-refractivity contribution in [1.82, 2.24) is 19.9 Å². The number of hydrogen-bond donors (Lipinski definition) is 2. The fourth-order valence-corrected chi connectivity index (χ4v) is 4.07. The van der Waals surface area contributed by atoms with Crippen LogP contribution < -0.4 is 0 Å². The van der Waals surface area contributed by atoms with Crippen molar-refractivity contribution in [2.24, 2.45) is 0 Å². The molecule has 4 nitrogen and oxygen atoms in total. The van der Waals surface area contributed by atoms with E-state index in [1.165, 1.54) is 12.1 Å². The molecule has 4 aromatic rings. The van der Waals surface area contributed by atoms with Crippen molar-refractivity contribution in [1.29, 1.82) is 0 Å². The van der Waals surface area contributed by atoms with Crippen LogP contribution in [0.3, 0.4) is 0 Å². The summed E-state index contributed by atoms with van der Waals surface area (Å²) >= 11 is 0. The molecule has 2 aliphatic heterocycles. The van der Waals surface area contributed by atoms with Crippen LogP contribution in [0.2, 0.25) is 0 Å². The Morgan fingerprint density at radius 3 is 1.47 bits per heavy atom. The largest absolute Gasteiger partial charge is 0.355 e. The van der Waals surface area contributed by atoms with Crippen molar-refractivity contribution in [3.63, 3.8) is 0 Å². The van der Waals surface area contributed by atoms with Gasteiger partial charge in [0.2, 0.25) is 5.82 Å². The fourth-order valence-electron chi connectivity index (χ4n) is 4.07. The molecule has 0 spiro atoms. The smallest absolute Gasteiger partial charge is 0.200 e. The van der Waals surface area contributed by atoms with E-state index in [-0.39, 0.29) is 30.6 Å². The molecular formula is C26H13F5N4Zn. The van der Waals surface area contributed by atoms with Gasteiger partial charge >= 0.3 is 0 Å². The van der Waals surface area contributed by atoms with E-state index in [1.54, 1.807) is 30.4 Å². The second-order valence-corrected chi connectivity index (χ2v) is 8.03. The third kappa shape index (κ3) is 4.07. The SMILES string of the molecule is Fc1c(F)c(F)c(-c2cc3cc4nc(cc5ccc(cc6nc(cc2[nH]3)C=C6)[nH]5)C=C4)c(F)c1F.[Zn]. The zero-order chi connectivity index (χ0) is 24.3. The van der Waals surface area contributed by atoms with Gasteiger partial charge in [0.25, 0.3) is 0 Å². The monoisotopic (exact) mass is 540 g/mol. The Labute approximate surface area is 213 Å². The normalized spacial score (nSPS) is 12.1. The van der Waals surface area contributed by atoms with E-state index in [0.717, 1.165) is 11.0 Å². The van der Waals surface area contributed by atoms with Crippen molar-refractivity contribution in [2.45, 2.75) is 0 Å². The summed E-state index contributed by atoms with van der Waals surface area (Å²) in [6.45, 7) is 0. The molecule has 2 aliphatic rings. The maximum Gasteiger partial charge on any atom is 0.200 e. The van der Waals surface area contributed by atoms with Crippen LogP contribution in [0.5, 0.6) is 0 Å². The summed E-state index contributed by atoms with van der Waals surface area (Å²) in [5.41, 5.74) is 3.13. The van der Waals surface area contributed by atoms with Crippen molar-refractivity contribution in [2.75, 3.05) is 0 Å². The molecule has 0 unspecified atom stereocenters. The first-order chi connectivity index (χ1) is 16.9. The number of fused-ring (bicyclic) bond motifs is 8. The second-order valence-electron chi connectivity index (χ2n) is 8.03. The molecule has 6 rings (SSSR count). The minimum Gasteiger partial charge on any atom is -0.355 e. The number of nitrogens with one attached hydrogen (secondary N) is 2. The molecule has 5 heterocycles.